The standard InChI is InChI=1S/C11H20N2O4/c14-9-12-5-3-1-2-4-6-13-11(15)17-8-10-7-16-10/h9-10H,1-8H2,(H,12,14)(H,13,15). The second-order valence-electron chi connectivity index (χ2n) is 3.97. The van der Waals surface area contributed by atoms with E-state index in [1.165, 1.54) is 0 Å². The zero-order chi connectivity index (χ0) is 12.3. The van der Waals surface area contributed by atoms with Gasteiger partial charge in [0.2, 0.25) is 6.41 Å². The van der Waals surface area contributed by atoms with Crippen molar-refractivity contribution in [2.45, 2.75) is 31.8 Å². The van der Waals surface area contributed by atoms with Crippen LogP contribution in [0.2, 0.25) is 0 Å². The summed E-state index contributed by atoms with van der Waals surface area (Å²) in [6, 6.07) is 0. The van der Waals surface area contributed by atoms with Crippen LogP contribution in [0.15, 0.2) is 0 Å². The Kier molecular flexibility index (Phi) is 7.13. The van der Waals surface area contributed by atoms with Gasteiger partial charge in [-0.3, -0.25) is 4.79 Å². The predicted molar refractivity (Wildman–Crippen MR) is 61.6 cm³/mol. The minimum atomic E-state index is -0.372. The summed E-state index contributed by atoms with van der Waals surface area (Å²) in [6.45, 7) is 2.40. The van der Waals surface area contributed by atoms with Crippen LogP contribution in [0.3, 0.4) is 0 Å². The zero-order valence-electron chi connectivity index (χ0n) is 9.94. The number of unbranched alkanes of at least 4 members (excludes halogenated alkanes) is 3. The first kappa shape index (κ1) is 13.8. The highest BCUT2D eigenvalue weighted by atomic mass is 16.6. The lowest BCUT2D eigenvalue weighted by Gasteiger charge is -2.05. The topological polar surface area (TPSA) is 80.0 Å². The van der Waals surface area contributed by atoms with Gasteiger partial charge < -0.3 is 20.1 Å². The lowest BCUT2D eigenvalue weighted by molar-refractivity contribution is -0.109. The summed E-state index contributed by atoms with van der Waals surface area (Å²) < 4.78 is 9.81. The molecular formula is C11H20N2O4. The molecule has 0 spiro atoms. The van der Waals surface area contributed by atoms with Crippen molar-refractivity contribution in [2.24, 2.45) is 0 Å². The maximum Gasteiger partial charge on any atom is 0.407 e. The van der Waals surface area contributed by atoms with Gasteiger partial charge in [-0.25, -0.2) is 4.79 Å². The number of epoxide rings is 1. The van der Waals surface area contributed by atoms with Crippen molar-refractivity contribution in [3.63, 3.8) is 0 Å². The van der Waals surface area contributed by atoms with E-state index in [0.717, 1.165) is 32.2 Å². The van der Waals surface area contributed by atoms with Crippen LogP contribution in [0, 0.1) is 0 Å². The lowest BCUT2D eigenvalue weighted by Crippen LogP contribution is -2.26. The molecule has 0 saturated carbocycles. The molecular weight excluding hydrogens is 224 g/mol. The molecule has 6 nitrogen and oxygen atoms in total. The Bertz CT molecular complexity index is 232. The highest BCUT2D eigenvalue weighted by molar-refractivity contribution is 5.67. The number of amides is 2. The fourth-order valence-corrected chi connectivity index (χ4v) is 1.34. The van der Waals surface area contributed by atoms with Crippen LogP contribution in [0.1, 0.15) is 25.7 Å². The van der Waals surface area contributed by atoms with Gasteiger partial charge in [-0.15, -0.1) is 0 Å². The highest BCUT2D eigenvalue weighted by Crippen LogP contribution is 2.08. The SMILES string of the molecule is O=CNCCCCCCNC(=O)OCC1CO1. The second kappa shape index (κ2) is 8.81. The second-order valence-corrected chi connectivity index (χ2v) is 3.97. The van der Waals surface area contributed by atoms with E-state index in [1.807, 2.05) is 0 Å². The molecule has 1 fully saturated rings. The van der Waals surface area contributed by atoms with Crippen LogP contribution in [-0.2, 0) is 14.3 Å². The van der Waals surface area contributed by atoms with Gasteiger partial charge in [0.1, 0.15) is 12.7 Å². The summed E-state index contributed by atoms with van der Waals surface area (Å²) in [4.78, 5) is 21.1. The number of alkyl carbamates (subject to hydrolysis) is 1. The molecule has 0 radical (unpaired) electrons. The van der Waals surface area contributed by atoms with Crippen LogP contribution < -0.4 is 10.6 Å². The Labute approximate surface area is 101 Å². The third kappa shape index (κ3) is 8.50. The van der Waals surface area contributed by atoms with Crippen LogP contribution in [0.25, 0.3) is 0 Å². The maximum absolute atomic E-state index is 11.1. The first-order chi connectivity index (χ1) is 8.33. The van der Waals surface area contributed by atoms with Gasteiger partial charge in [0.05, 0.1) is 6.61 Å². The van der Waals surface area contributed by atoms with Gasteiger partial charge in [-0.05, 0) is 12.8 Å². The normalized spacial score (nSPS) is 17.3. The van der Waals surface area contributed by atoms with E-state index >= 15 is 0 Å². The molecule has 0 aliphatic carbocycles. The summed E-state index contributed by atoms with van der Waals surface area (Å²) >= 11 is 0. The predicted octanol–water partition coefficient (Wildman–Crippen LogP) is 0.418. The van der Waals surface area contributed by atoms with Crippen LogP contribution in [0.5, 0.6) is 0 Å². The first-order valence-corrected chi connectivity index (χ1v) is 6.02. The van der Waals surface area contributed by atoms with Crippen LogP contribution >= 0.6 is 0 Å². The van der Waals surface area contributed by atoms with Crippen LogP contribution in [0.4, 0.5) is 4.79 Å². The van der Waals surface area contributed by atoms with Gasteiger partial charge in [0.15, 0.2) is 0 Å². The summed E-state index contributed by atoms with van der Waals surface area (Å²) in [7, 11) is 0. The highest BCUT2D eigenvalue weighted by Gasteiger charge is 2.23. The third-order valence-corrected chi connectivity index (χ3v) is 2.40. The molecule has 2 amide bonds. The molecule has 1 aliphatic heterocycles. The zero-order valence-corrected chi connectivity index (χ0v) is 9.94. The summed E-state index contributed by atoms with van der Waals surface area (Å²) in [6.07, 6.45) is 4.44. The molecule has 6 heteroatoms. The number of nitrogens with one attached hydrogen (secondary N) is 2. The molecule has 1 unspecified atom stereocenters. The monoisotopic (exact) mass is 244 g/mol. The third-order valence-electron chi connectivity index (χ3n) is 2.40. The van der Waals surface area contributed by atoms with Crippen molar-refractivity contribution < 1.29 is 19.1 Å². The van der Waals surface area contributed by atoms with Crippen molar-refractivity contribution in [1.82, 2.24) is 10.6 Å². The molecule has 0 aromatic rings. The Morgan fingerprint density at radius 1 is 1.29 bits per heavy atom. The van der Waals surface area contributed by atoms with Crippen molar-refractivity contribution >= 4 is 12.5 Å². The molecule has 1 aliphatic rings. The number of rotatable bonds is 10. The van der Waals surface area contributed by atoms with Gasteiger partial charge in [0.25, 0.3) is 0 Å². The van der Waals surface area contributed by atoms with E-state index in [9.17, 15) is 9.59 Å². The molecule has 1 saturated heterocycles. The number of hydrogen-bond acceptors (Lipinski definition) is 4. The summed E-state index contributed by atoms with van der Waals surface area (Å²) in [5, 5.41) is 5.29. The molecule has 1 heterocycles. The lowest BCUT2D eigenvalue weighted by atomic mass is 10.2. The number of ether oxygens (including phenoxy) is 2. The van der Waals surface area contributed by atoms with Crippen molar-refractivity contribution in [1.29, 1.82) is 0 Å². The number of hydrogen-bond donors (Lipinski definition) is 2. The fraction of sp³-hybridized carbons (Fsp3) is 0.818. The van der Waals surface area contributed by atoms with Crippen molar-refractivity contribution in [3.05, 3.63) is 0 Å². The minimum Gasteiger partial charge on any atom is -0.447 e. The summed E-state index contributed by atoms with van der Waals surface area (Å²) in [5.74, 6) is 0. The minimum absolute atomic E-state index is 0.117. The van der Waals surface area contributed by atoms with Crippen LogP contribution in [-0.4, -0.2) is 44.9 Å². The maximum atomic E-state index is 11.1. The molecule has 98 valence electrons. The average Bonchev–Trinajstić information content (AvgIpc) is 3.14. The van der Waals surface area contributed by atoms with E-state index in [0.29, 0.717) is 26.2 Å². The van der Waals surface area contributed by atoms with E-state index in [1.54, 1.807) is 0 Å². The molecule has 0 aromatic carbocycles. The Morgan fingerprint density at radius 2 is 2.00 bits per heavy atom. The molecule has 1 rings (SSSR count). The molecule has 0 bridgehead atoms. The molecule has 1 atom stereocenters. The smallest absolute Gasteiger partial charge is 0.407 e. The van der Waals surface area contributed by atoms with Gasteiger partial charge in [0, 0.05) is 13.1 Å². The van der Waals surface area contributed by atoms with Crippen molar-refractivity contribution in [2.75, 3.05) is 26.3 Å². The molecule has 2 N–H and O–H groups in total. The summed E-state index contributed by atoms with van der Waals surface area (Å²) in [5.41, 5.74) is 0. The van der Waals surface area contributed by atoms with Crippen molar-refractivity contribution in [3.8, 4) is 0 Å². The van der Waals surface area contributed by atoms with E-state index in [2.05, 4.69) is 10.6 Å². The quantitative estimate of drug-likeness (QED) is 0.331. The van der Waals surface area contributed by atoms with E-state index in [-0.39, 0.29) is 12.2 Å². The average molecular weight is 244 g/mol. The largest absolute Gasteiger partial charge is 0.447 e. The first-order valence-electron chi connectivity index (χ1n) is 6.02. The Hall–Kier alpha value is -1.30. The van der Waals surface area contributed by atoms with E-state index in [4.69, 9.17) is 9.47 Å². The Morgan fingerprint density at radius 3 is 2.65 bits per heavy atom. The fourth-order valence-electron chi connectivity index (χ4n) is 1.34. The van der Waals surface area contributed by atoms with Gasteiger partial charge >= 0.3 is 6.09 Å². The van der Waals surface area contributed by atoms with E-state index < -0.39 is 0 Å². The van der Waals surface area contributed by atoms with Gasteiger partial charge in [-0.2, -0.15) is 0 Å². The Balaban J connectivity index is 1.76. The molecule has 17 heavy (non-hydrogen) atoms. The molecule has 0 aromatic heterocycles. The van der Waals surface area contributed by atoms with Gasteiger partial charge in [-0.1, -0.05) is 12.8 Å². The number of carbonyl (C=O) groups excluding carboxylic acids is 2. The number of carbonyl (C=O) groups is 2.